The highest BCUT2D eigenvalue weighted by atomic mass is 35.5. The molecule has 2 aliphatic rings. The lowest BCUT2D eigenvalue weighted by atomic mass is 10.1. The minimum absolute atomic E-state index is 0.0811. The van der Waals surface area contributed by atoms with E-state index in [1.54, 1.807) is 29.1 Å². The molecule has 2 fully saturated rings. The summed E-state index contributed by atoms with van der Waals surface area (Å²) >= 11 is 14.2. The van der Waals surface area contributed by atoms with Crippen LogP contribution in [0.2, 0.25) is 10.0 Å². The highest BCUT2D eigenvalue weighted by molar-refractivity contribution is 7.20. The highest BCUT2D eigenvalue weighted by Crippen LogP contribution is 2.44. The largest absolute Gasteiger partial charge is 0.491 e. The number of nitrogens with one attached hydrogen (secondary N) is 2. The van der Waals surface area contributed by atoms with Gasteiger partial charge in [-0.25, -0.2) is 9.97 Å². The van der Waals surface area contributed by atoms with Gasteiger partial charge in [-0.2, -0.15) is 5.10 Å². The third-order valence-electron chi connectivity index (χ3n) is 6.42. The number of fused-ring (bicyclic) bond motifs is 2. The van der Waals surface area contributed by atoms with Crippen LogP contribution in [0, 0.1) is 11.8 Å². The maximum absolute atomic E-state index is 13.0. The van der Waals surface area contributed by atoms with Crippen molar-refractivity contribution in [2.24, 2.45) is 11.8 Å². The second-order valence-electron chi connectivity index (χ2n) is 8.62. The average Bonchev–Trinajstić information content (AvgIpc) is 3.34. The van der Waals surface area contributed by atoms with Crippen LogP contribution in [0.1, 0.15) is 9.67 Å². The molecule has 35 heavy (non-hydrogen) atoms. The molecule has 2 atom stereocenters. The molecule has 0 spiro atoms. The summed E-state index contributed by atoms with van der Waals surface area (Å²) in [6, 6.07) is 7.18. The van der Waals surface area contributed by atoms with Gasteiger partial charge in [0, 0.05) is 41.9 Å². The van der Waals surface area contributed by atoms with Crippen LogP contribution in [0.5, 0.6) is 5.75 Å². The van der Waals surface area contributed by atoms with E-state index >= 15 is 0 Å². The molecule has 1 aromatic carbocycles. The summed E-state index contributed by atoms with van der Waals surface area (Å²) in [6.07, 6.45) is 3.56. The van der Waals surface area contributed by atoms with Crippen molar-refractivity contribution in [3.8, 4) is 17.0 Å². The number of ether oxygens (including phenoxy) is 1. The van der Waals surface area contributed by atoms with Gasteiger partial charge >= 0.3 is 0 Å². The van der Waals surface area contributed by atoms with Crippen molar-refractivity contribution in [3.05, 3.63) is 51.6 Å². The fourth-order valence-corrected chi connectivity index (χ4v) is 6.18. The fourth-order valence-electron chi connectivity index (χ4n) is 4.67. The zero-order valence-corrected chi connectivity index (χ0v) is 20.7. The molecule has 1 aliphatic carbocycles. The lowest BCUT2D eigenvalue weighted by molar-refractivity contribution is 0.0950. The Kier molecular flexibility index (Phi) is 5.76. The number of carbonyl (C=O) groups excluding carboxylic acids is 1. The number of amides is 1. The standard InChI is InChI=1S/C23H21Cl2N7O2S/c24-11-6-15(25)18(16(7-11)34-5-4-32-3-1-2-28-32)20-12-8-17(35-22(12)31-23(26)30-20)21(33)29-19-13-9-27-10-14(13)19/h1-3,6-8,13-14,19,27H,4-5,9-10H2,(H,29,33)(H2,26,30,31). The Morgan fingerprint density at radius 1 is 1.26 bits per heavy atom. The zero-order chi connectivity index (χ0) is 24.1. The van der Waals surface area contributed by atoms with Crippen molar-refractivity contribution in [2.45, 2.75) is 12.6 Å². The molecule has 180 valence electrons. The predicted octanol–water partition coefficient (Wildman–Crippen LogP) is 3.47. The topological polar surface area (TPSA) is 120 Å². The number of benzene rings is 1. The van der Waals surface area contributed by atoms with Gasteiger partial charge < -0.3 is 21.1 Å². The van der Waals surface area contributed by atoms with Gasteiger partial charge in [0.1, 0.15) is 17.2 Å². The Morgan fingerprint density at radius 3 is 2.86 bits per heavy atom. The van der Waals surface area contributed by atoms with Gasteiger partial charge in [-0.3, -0.25) is 9.48 Å². The van der Waals surface area contributed by atoms with Gasteiger partial charge in [0.2, 0.25) is 5.95 Å². The first-order chi connectivity index (χ1) is 17.0. The molecule has 9 nitrogen and oxygen atoms in total. The number of rotatable bonds is 7. The monoisotopic (exact) mass is 529 g/mol. The number of piperidine rings is 1. The minimum Gasteiger partial charge on any atom is -0.491 e. The van der Waals surface area contributed by atoms with Crippen molar-refractivity contribution in [3.63, 3.8) is 0 Å². The van der Waals surface area contributed by atoms with E-state index in [2.05, 4.69) is 25.7 Å². The van der Waals surface area contributed by atoms with Gasteiger partial charge in [0.25, 0.3) is 5.91 Å². The number of nitrogens with two attached hydrogens (primary N) is 1. The maximum Gasteiger partial charge on any atom is 0.261 e. The van der Waals surface area contributed by atoms with Gasteiger partial charge in [-0.05, 0) is 36.1 Å². The summed E-state index contributed by atoms with van der Waals surface area (Å²) in [5.41, 5.74) is 7.09. The van der Waals surface area contributed by atoms with Gasteiger partial charge in [-0.15, -0.1) is 11.3 Å². The Bertz CT molecular complexity index is 1420. The summed E-state index contributed by atoms with van der Waals surface area (Å²) in [5, 5.41) is 12.1. The van der Waals surface area contributed by atoms with E-state index in [4.69, 9.17) is 33.7 Å². The second-order valence-corrected chi connectivity index (χ2v) is 10.5. The number of carbonyl (C=O) groups is 1. The third kappa shape index (κ3) is 4.31. The Morgan fingerprint density at radius 2 is 2.09 bits per heavy atom. The van der Waals surface area contributed by atoms with E-state index in [0.29, 0.717) is 67.1 Å². The van der Waals surface area contributed by atoms with Crippen LogP contribution in [0.3, 0.4) is 0 Å². The molecule has 4 N–H and O–H groups in total. The fraction of sp³-hybridized carbons (Fsp3) is 0.304. The number of hydrogen-bond donors (Lipinski definition) is 3. The van der Waals surface area contributed by atoms with Crippen LogP contribution in [0.25, 0.3) is 21.5 Å². The van der Waals surface area contributed by atoms with E-state index in [1.165, 1.54) is 11.3 Å². The van der Waals surface area contributed by atoms with Crippen LogP contribution in [-0.4, -0.2) is 51.4 Å². The van der Waals surface area contributed by atoms with Crippen LogP contribution in [-0.2, 0) is 6.54 Å². The Balaban J connectivity index is 1.33. The molecule has 0 bridgehead atoms. The number of hydrogen-bond acceptors (Lipinski definition) is 8. The molecule has 6 rings (SSSR count). The van der Waals surface area contributed by atoms with E-state index < -0.39 is 0 Å². The third-order valence-corrected chi connectivity index (χ3v) is 7.96. The molecule has 1 saturated carbocycles. The average molecular weight is 530 g/mol. The summed E-state index contributed by atoms with van der Waals surface area (Å²) in [4.78, 5) is 23.0. The molecule has 12 heteroatoms. The summed E-state index contributed by atoms with van der Waals surface area (Å²) in [5.74, 6) is 1.47. The number of nitrogens with zero attached hydrogens (tertiary/aromatic N) is 4. The van der Waals surface area contributed by atoms with Crippen LogP contribution < -0.4 is 21.1 Å². The molecule has 1 saturated heterocycles. The van der Waals surface area contributed by atoms with Crippen LogP contribution in [0.4, 0.5) is 5.95 Å². The molecule has 4 aromatic rings. The second kappa shape index (κ2) is 8.94. The predicted molar refractivity (Wildman–Crippen MR) is 136 cm³/mol. The molecule has 2 unspecified atom stereocenters. The molecule has 1 amide bonds. The van der Waals surface area contributed by atoms with Crippen molar-refractivity contribution < 1.29 is 9.53 Å². The zero-order valence-electron chi connectivity index (χ0n) is 18.4. The molecule has 0 radical (unpaired) electrons. The smallest absolute Gasteiger partial charge is 0.261 e. The first kappa shape index (κ1) is 22.5. The van der Waals surface area contributed by atoms with E-state index in [-0.39, 0.29) is 17.9 Å². The first-order valence-corrected chi connectivity index (χ1v) is 12.7. The lowest BCUT2D eigenvalue weighted by Crippen LogP contribution is -2.32. The number of aromatic nitrogens is 4. The number of thiophene rings is 1. The van der Waals surface area contributed by atoms with Crippen LogP contribution >= 0.6 is 34.5 Å². The van der Waals surface area contributed by atoms with Gasteiger partial charge in [-0.1, -0.05) is 23.2 Å². The SMILES string of the molecule is Nc1nc(-c2c(Cl)cc(Cl)cc2OCCn2cccn2)c2cc(C(=O)NC3C4CNCC43)sc2n1. The normalized spacial score (nSPS) is 20.7. The number of anilines is 1. The molecule has 3 aromatic heterocycles. The molecular formula is C23H21Cl2N7O2S. The minimum atomic E-state index is -0.116. The van der Waals surface area contributed by atoms with Crippen molar-refractivity contribution >= 4 is 56.6 Å². The summed E-state index contributed by atoms with van der Waals surface area (Å²) in [7, 11) is 0. The lowest BCUT2D eigenvalue weighted by Gasteiger charge is -2.14. The van der Waals surface area contributed by atoms with Crippen molar-refractivity contribution in [1.82, 2.24) is 30.4 Å². The number of nitrogen functional groups attached to an aromatic ring is 1. The van der Waals surface area contributed by atoms with Crippen molar-refractivity contribution in [1.29, 1.82) is 0 Å². The Labute approximate surface area is 214 Å². The number of halogens is 2. The molecular weight excluding hydrogens is 509 g/mol. The first-order valence-electron chi connectivity index (χ1n) is 11.2. The Hall–Kier alpha value is -2.92. The quantitative estimate of drug-likeness (QED) is 0.335. The highest BCUT2D eigenvalue weighted by Gasteiger charge is 2.53. The van der Waals surface area contributed by atoms with E-state index in [1.807, 2.05) is 12.3 Å². The van der Waals surface area contributed by atoms with Gasteiger partial charge in [0.15, 0.2) is 0 Å². The van der Waals surface area contributed by atoms with E-state index in [0.717, 1.165) is 13.1 Å². The summed E-state index contributed by atoms with van der Waals surface area (Å²) < 4.78 is 7.82. The summed E-state index contributed by atoms with van der Waals surface area (Å²) in [6.45, 7) is 2.78. The van der Waals surface area contributed by atoms with Crippen LogP contribution in [0.15, 0.2) is 36.7 Å². The molecule has 4 heterocycles. The van der Waals surface area contributed by atoms with Crippen molar-refractivity contribution in [2.75, 3.05) is 25.4 Å². The van der Waals surface area contributed by atoms with Gasteiger partial charge in [0.05, 0.1) is 27.7 Å². The maximum atomic E-state index is 13.0. The van der Waals surface area contributed by atoms with E-state index in [9.17, 15) is 4.79 Å². The molecule has 1 aliphatic heterocycles.